The third kappa shape index (κ3) is 5.53. The van der Waals surface area contributed by atoms with E-state index in [4.69, 9.17) is 9.47 Å². The summed E-state index contributed by atoms with van der Waals surface area (Å²) in [6, 6.07) is 14.1. The molecule has 1 amide bonds. The molecule has 1 aliphatic carbocycles. The van der Waals surface area contributed by atoms with Crippen molar-refractivity contribution in [2.75, 3.05) is 7.11 Å². The van der Waals surface area contributed by atoms with Gasteiger partial charge in [-0.1, -0.05) is 38.1 Å². The van der Waals surface area contributed by atoms with E-state index in [0.29, 0.717) is 5.92 Å². The van der Waals surface area contributed by atoms with E-state index in [9.17, 15) is 4.79 Å². The van der Waals surface area contributed by atoms with Gasteiger partial charge in [-0.05, 0) is 79.8 Å². The minimum absolute atomic E-state index is 0.0517. The third-order valence-corrected chi connectivity index (χ3v) is 5.57. The van der Waals surface area contributed by atoms with Gasteiger partial charge in [-0.15, -0.1) is 0 Å². The number of nitrogens with one attached hydrogen (secondary N) is 1. The first-order valence-corrected chi connectivity index (χ1v) is 10.7. The third-order valence-electron chi connectivity index (χ3n) is 5.57. The quantitative estimate of drug-likeness (QED) is 0.664. The van der Waals surface area contributed by atoms with Gasteiger partial charge in [0.05, 0.1) is 13.2 Å². The topological polar surface area (TPSA) is 47.6 Å². The van der Waals surface area contributed by atoms with E-state index in [0.717, 1.165) is 36.3 Å². The minimum Gasteiger partial charge on any atom is -0.497 e. The van der Waals surface area contributed by atoms with Gasteiger partial charge in [-0.3, -0.25) is 4.79 Å². The van der Waals surface area contributed by atoms with Crippen molar-refractivity contribution < 1.29 is 14.3 Å². The van der Waals surface area contributed by atoms with Crippen LogP contribution in [-0.2, 0) is 17.6 Å². The predicted molar refractivity (Wildman–Crippen MR) is 117 cm³/mol. The van der Waals surface area contributed by atoms with Crippen LogP contribution in [0.3, 0.4) is 0 Å². The summed E-state index contributed by atoms with van der Waals surface area (Å²) in [6.45, 7) is 6.16. The summed E-state index contributed by atoms with van der Waals surface area (Å²) in [7, 11) is 1.66. The summed E-state index contributed by atoms with van der Waals surface area (Å²) in [5, 5.41) is 3.20. The summed E-state index contributed by atoms with van der Waals surface area (Å²) in [4.78, 5) is 12.9. The lowest BCUT2D eigenvalue weighted by Gasteiger charge is -2.25. The van der Waals surface area contributed by atoms with Crippen LogP contribution in [0.1, 0.15) is 62.8 Å². The number of aryl methyl sites for hydroxylation is 1. The van der Waals surface area contributed by atoms with Gasteiger partial charge in [0.25, 0.3) is 5.91 Å². The number of carbonyl (C=O) groups is 1. The Bertz CT molecular complexity index is 813. The lowest BCUT2D eigenvalue weighted by molar-refractivity contribution is -0.128. The highest BCUT2D eigenvalue weighted by molar-refractivity contribution is 5.81. The van der Waals surface area contributed by atoms with Crippen molar-refractivity contribution in [2.24, 2.45) is 5.92 Å². The van der Waals surface area contributed by atoms with Crippen LogP contribution >= 0.6 is 0 Å². The molecule has 0 heterocycles. The Labute approximate surface area is 174 Å². The zero-order valence-electron chi connectivity index (χ0n) is 18.0. The maximum absolute atomic E-state index is 12.9. The summed E-state index contributed by atoms with van der Waals surface area (Å²) < 4.78 is 11.4. The molecule has 2 atom stereocenters. The van der Waals surface area contributed by atoms with E-state index in [-0.39, 0.29) is 11.9 Å². The molecule has 2 aromatic rings. The Morgan fingerprint density at radius 1 is 1.03 bits per heavy atom. The number of methoxy groups -OCH3 is 1. The van der Waals surface area contributed by atoms with Gasteiger partial charge in [0.2, 0.25) is 0 Å². The highest BCUT2D eigenvalue weighted by atomic mass is 16.5. The van der Waals surface area contributed by atoms with Crippen LogP contribution in [0.2, 0.25) is 0 Å². The zero-order valence-corrected chi connectivity index (χ0v) is 18.0. The molecule has 156 valence electrons. The molecule has 0 saturated carbocycles. The van der Waals surface area contributed by atoms with Crippen molar-refractivity contribution in [1.29, 1.82) is 0 Å². The van der Waals surface area contributed by atoms with Gasteiger partial charge in [-0.2, -0.15) is 0 Å². The largest absolute Gasteiger partial charge is 0.497 e. The van der Waals surface area contributed by atoms with Crippen LogP contribution in [0.15, 0.2) is 42.5 Å². The van der Waals surface area contributed by atoms with Crippen molar-refractivity contribution in [3.63, 3.8) is 0 Å². The van der Waals surface area contributed by atoms with E-state index in [1.54, 1.807) is 7.11 Å². The number of carbonyl (C=O) groups excluding carboxylic acids is 1. The molecular formula is C25H33NO3. The van der Waals surface area contributed by atoms with Crippen molar-refractivity contribution in [3.8, 4) is 11.5 Å². The number of amides is 1. The molecule has 4 nitrogen and oxygen atoms in total. The number of rotatable bonds is 8. The second-order valence-corrected chi connectivity index (χ2v) is 8.32. The Morgan fingerprint density at radius 3 is 2.45 bits per heavy atom. The lowest BCUT2D eigenvalue weighted by Crippen LogP contribution is -2.39. The molecule has 0 aliphatic heterocycles. The maximum atomic E-state index is 12.9. The average Bonchev–Trinajstić information content (AvgIpc) is 2.73. The summed E-state index contributed by atoms with van der Waals surface area (Å²) >= 11 is 0. The molecule has 0 unspecified atom stereocenters. The monoisotopic (exact) mass is 395 g/mol. The van der Waals surface area contributed by atoms with Gasteiger partial charge in [-0.25, -0.2) is 0 Å². The number of ether oxygens (including phenoxy) is 2. The minimum atomic E-state index is -0.545. The second kappa shape index (κ2) is 9.82. The van der Waals surface area contributed by atoms with Crippen LogP contribution in [0.5, 0.6) is 11.5 Å². The first-order chi connectivity index (χ1) is 14.0. The normalized spacial score (nSPS) is 15.3. The highest BCUT2D eigenvalue weighted by Crippen LogP contribution is 2.30. The summed E-state index contributed by atoms with van der Waals surface area (Å²) in [6.07, 6.45) is 4.86. The van der Waals surface area contributed by atoms with Crippen molar-refractivity contribution in [2.45, 2.75) is 65.0 Å². The molecule has 0 radical (unpaired) electrons. The molecule has 0 fully saturated rings. The number of fused-ring (bicyclic) bond motifs is 1. The fraction of sp³-hybridized carbons (Fsp3) is 0.480. The lowest BCUT2D eigenvalue weighted by atomic mass is 9.91. The molecule has 0 spiro atoms. The number of benzene rings is 2. The fourth-order valence-corrected chi connectivity index (χ4v) is 3.98. The van der Waals surface area contributed by atoms with Crippen LogP contribution in [0.25, 0.3) is 0 Å². The SMILES string of the molecule is COc1ccc([C@H](CC(C)C)NC(=O)[C@@H](C)Oc2cccc3c2CCCC3)cc1. The first-order valence-electron chi connectivity index (χ1n) is 10.7. The van der Waals surface area contributed by atoms with E-state index < -0.39 is 6.10 Å². The van der Waals surface area contributed by atoms with Crippen LogP contribution in [0, 0.1) is 5.92 Å². The van der Waals surface area contributed by atoms with Gasteiger partial charge >= 0.3 is 0 Å². The molecule has 1 N–H and O–H groups in total. The molecule has 1 aliphatic rings. The van der Waals surface area contributed by atoms with E-state index in [2.05, 4.69) is 25.2 Å². The molecule has 2 aromatic carbocycles. The van der Waals surface area contributed by atoms with Gasteiger partial charge in [0, 0.05) is 0 Å². The van der Waals surface area contributed by atoms with Crippen molar-refractivity contribution in [1.82, 2.24) is 5.32 Å². The van der Waals surface area contributed by atoms with Gasteiger partial charge < -0.3 is 14.8 Å². The van der Waals surface area contributed by atoms with E-state index in [1.807, 2.05) is 43.3 Å². The molecular weight excluding hydrogens is 362 g/mol. The zero-order chi connectivity index (χ0) is 20.8. The maximum Gasteiger partial charge on any atom is 0.261 e. The van der Waals surface area contributed by atoms with Crippen LogP contribution in [-0.4, -0.2) is 19.1 Å². The van der Waals surface area contributed by atoms with Crippen LogP contribution < -0.4 is 14.8 Å². The average molecular weight is 396 g/mol. The second-order valence-electron chi connectivity index (χ2n) is 8.32. The van der Waals surface area contributed by atoms with Crippen LogP contribution in [0.4, 0.5) is 0 Å². The Balaban J connectivity index is 1.70. The fourth-order valence-electron chi connectivity index (χ4n) is 3.98. The molecule has 0 saturated heterocycles. The van der Waals surface area contributed by atoms with Crippen molar-refractivity contribution in [3.05, 3.63) is 59.2 Å². The first kappa shape index (κ1) is 21.2. The molecule has 4 heteroatoms. The summed E-state index contributed by atoms with van der Waals surface area (Å²) in [5.41, 5.74) is 3.71. The predicted octanol–water partition coefficient (Wildman–Crippen LogP) is 5.24. The molecule has 0 bridgehead atoms. The smallest absolute Gasteiger partial charge is 0.261 e. The van der Waals surface area contributed by atoms with Gasteiger partial charge in [0.1, 0.15) is 11.5 Å². The number of hydrogen-bond donors (Lipinski definition) is 1. The van der Waals surface area contributed by atoms with Gasteiger partial charge in [0.15, 0.2) is 6.10 Å². The van der Waals surface area contributed by atoms with E-state index in [1.165, 1.54) is 24.0 Å². The Morgan fingerprint density at radius 2 is 1.76 bits per heavy atom. The summed E-state index contributed by atoms with van der Waals surface area (Å²) in [5.74, 6) is 2.04. The number of hydrogen-bond acceptors (Lipinski definition) is 3. The highest BCUT2D eigenvalue weighted by Gasteiger charge is 2.23. The Kier molecular flexibility index (Phi) is 7.18. The standard InChI is InChI=1S/C25H33NO3/c1-17(2)16-23(20-12-14-21(28-4)15-13-20)26-25(27)18(3)29-24-11-7-9-19-8-5-6-10-22(19)24/h7,9,11-15,17-18,23H,5-6,8,10,16H2,1-4H3,(H,26,27)/t18-,23+/m1/s1. The van der Waals surface area contributed by atoms with E-state index >= 15 is 0 Å². The van der Waals surface area contributed by atoms with Crippen molar-refractivity contribution >= 4 is 5.91 Å². The molecule has 29 heavy (non-hydrogen) atoms. The Hall–Kier alpha value is -2.49. The molecule has 0 aromatic heterocycles. The molecule has 3 rings (SSSR count).